The molecule has 2 nitrogen and oxygen atoms in total. The van der Waals surface area contributed by atoms with Crippen molar-refractivity contribution in [3.8, 4) is 11.5 Å². The second-order valence-electron chi connectivity index (χ2n) is 5.77. The Morgan fingerprint density at radius 2 is 1.86 bits per heavy atom. The van der Waals surface area contributed by atoms with Crippen molar-refractivity contribution in [3.05, 3.63) is 57.6 Å². The Balaban J connectivity index is 1.77. The van der Waals surface area contributed by atoms with E-state index in [1.54, 1.807) is 0 Å². The molecular weight excluding hydrogens is 326 g/mol. The minimum Gasteiger partial charge on any atom is -0.457 e. The highest BCUT2D eigenvalue weighted by Crippen LogP contribution is 2.30. The molecule has 110 valence electrons. The van der Waals surface area contributed by atoms with Crippen LogP contribution in [0.5, 0.6) is 11.5 Å². The maximum Gasteiger partial charge on any atom is 0.130 e. The summed E-state index contributed by atoms with van der Waals surface area (Å²) in [4.78, 5) is 0. The van der Waals surface area contributed by atoms with Gasteiger partial charge in [-0.3, -0.25) is 0 Å². The van der Waals surface area contributed by atoms with Crippen molar-refractivity contribution in [1.82, 2.24) is 5.32 Å². The average molecular weight is 346 g/mol. The van der Waals surface area contributed by atoms with E-state index in [-0.39, 0.29) is 0 Å². The van der Waals surface area contributed by atoms with Crippen LogP contribution in [-0.4, -0.2) is 6.04 Å². The molecule has 0 atom stereocenters. The van der Waals surface area contributed by atoms with Gasteiger partial charge >= 0.3 is 0 Å². The first kappa shape index (κ1) is 14.6. The average Bonchev–Trinajstić information content (AvgIpc) is 3.27. The molecule has 0 unspecified atom stereocenters. The summed E-state index contributed by atoms with van der Waals surface area (Å²) in [5.41, 5.74) is 3.56. The second kappa shape index (κ2) is 6.20. The second-order valence-corrected chi connectivity index (χ2v) is 6.68. The van der Waals surface area contributed by atoms with Crippen LogP contribution >= 0.6 is 15.9 Å². The van der Waals surface area contributed by atoms with Gasteiger partial charge in [0.15, 0.2) is 0 Å². The van der Waals surface area contributed by atoms with Gasteiger partial charge < -0.3 is 10.1 Å². The standard InChI is InChI=1S/C18H20BrNO/c1-12-3-4-14(11-20-16-6-7-16)10-18(12)21-17-8-5-15(19)9-13(17)2/h3-5,8-10,16,20H,6-7,11H2,1-2H3. The Labute approximate surface area is 134 Å². The lowest BCUT2D eigenvalue weighted by molar-refractivity contribution is 0.474. The summed E-state index contributed by atoms with van der Waals surface area (Å²) in [5.74, 6) is 1.85. The van der Waals surface area contributed by atoms with Gasteiger partial charge in [-0.1, -0.05) is 28.1 Å². The molecule has 3 heteroatoms. The molecule has 1 aliphatic carbocycles. The van der Waals surface area contributed by atoms with Gasteiger partial charge in [0.2, 0.25) is 0 Å². The Hall–Kier alpha value is -1.32. The molecule has 2 aromatic carbocycles. The van der Waals surface area contributed by atoms with E-state index in [0.29, 0.717) is 0 Å². The van der Waals surface area contributed by atoms with E-state index < -0.39 is 0 Å². The summed E-state index contributed by atoms with van der Waals surface area (Å²) in [7, 11) is 0. The van der Waals surface area contributed by atoms with Gasteiger partial charge in [-0.15, -0.1) is 0 Å². The van der Waals surface area contributed by atoms with Crippen LogP contribution < -0.4 is 10.1 Å². The molecule has 0 radical (unpaired) electrons. The molecule has 0 spiro atoms. The maximum atomic E-state index is 6.11. The van der Waals surface area contributed by atoms with Crippen LogP contribution in [0, 0.1) is 13.8 Å². The van der Waals surface area contributed by atoms with Crippen LogP contribution in [0.25, 0.3) is 0 Å². The number of aryl methyl sites for hydroxylation is 2. The summed E-state index contributed by atoms with van der Waals surface area (Å²) in [5, 5.41) is 3.54. The number of halogens is 1. The van der Waals surface area contributed by atoms with Gasteiger partial charge in [0, 0.05) is 17.1 Å². The zero-order chi connectivity index (χ0) is 14.8. The van der Waals surface area contributed by atoms with E-state index in [9.17, 15) is 0 Å². The Morgan fingerprint density at radius 1 is 1.05 bits per heavy atom. The highest BCUT2D eigenvalue weighted by molar-refractivity contribution is 9.10. The third-order valence-corrected chi connectivity index (χ3v) is 4.27. The first-order valence-electron chi connectivity index (χ1n) is 7.39. The summed E-state index contributed by atoms with van der Waals surface area (Å²) in [6, 6.07) is 13.3. The molecule has 0 amide bonds. The molecule has 1 saturated carbocycles. The van der Waals surface area contributed by atoms with Crippen LogP contribution in [0.2, 0.25) is 0 Å². The Morgan fingerprint density at radius 3 is 2.57 bits per heavy atom. The first-order valence-corrected chi connectivity index (χ1v) is 8.18. The highest BCUT2D eigenvalue weighted by Gasteiger charge is 2.20. The van der Waals surface area contributed by atoms with Crippen LogP contribution in [-0.2, 0) is 6.54 Å². The number of hydrogen-bond acceptors (Lipinski definition) is 2. The minimum atomic E-state index is 0.726. The zero-order valence-corrected chi connectivity index (χ0v) is 14.0. The van der Waals surface area contributed by atoms with Crippen LogP contribution in [0.15, 0.2) is 40.9 Å². The number of nitrogens with one attached hydrogen (secondary N) is 1. The van der Waals surface area contributed by atoms with E-state index >= 15 is 0 Å². The normalized spacial score (nSPS) is 14.2. The molecule has 0 heterocycles. The van der Waals surface area contributed by atoms with Crippen molar-refractivity contribution in [2.75, 3.05) is 0 Å². The van der Waals surface area contributed by atoms with E-state index in [0.717, 1.165) is 39.7 Å². The smallest absolute Gasteiger partial charge is 0.130 e. The lowest BCUT2D eigenvalue weighted by atomic mass is 10.1. The van der Waals surface area contributed by atoms with Gasteiger partial charge in [0.05, 0.1) is 0 Å². The molecule has 0 aliphatic heterocycles. The molecule has 1 N–H and O–H groups in total. The number of hydrogen-bond donors (Lipinski definition) is 1. The summed E-state index contributed by atoms with van der Waals surface area (Å²) in [6.45, 7) is 5.07. The molecule has 0 saturated heterocycles. The number of ether oxygens (including phenoxy) is 1. The van der Waals surface area contributed by atoms with Crippen molar-refractivity contribution in [1.29, 1.82) is 0 Å². The monoisotopic (exact) mass is 345 g/mol. The topological polar surface area (TPSA) is 21.3 Å². The van der Waals surface area contributed by atoms with E-state index in [2.05, 4.69) is 59.4 Å². The van der Waals surface area contributed by atoms with Crippen molar-refractivity contribution in [2.24, 2.45) is 0 Å². The SMILES string of the molecule is Cc1cc(Br)ccc1Oc1cc(CNC2CC2)ccc1C. The number of benzene rings is 2. The van der Waals surface area contributed by atoms with Crippen molar-refractivity contribution in [3.63, 3.8) is 0 Å². The third-order valence-electron chi connectivity index (χ3n) is 3.78. The fourth-order valence-corrected chi connectivity index (χ4v) is 2.74. The number of rotatable bonds is 5. The van der Waals surface area contributed by atoms with Gasteiger partial charge in [0.1, 0.15) is 11.5 Å². The third kappa shape index (κ3) is 3.86. The predicted molar refractivity (Wildman–Crippen MR) is 90.0 cm³/mol. The van der Waals surface area contributed by atoms with Gasteiger partial charge in [0.25, 0.3) is 0 Å². The molecule has 2 aromatic rings. The lowest BCUT2D eigenvalue weighted by Crippen LogP contribution is -2.15. The van der Waals surface area contributed by atoms with Gasteiger partial charge in [-0.25, -0.2) is 0 Å². The van der Waals surface area contributed by atoms with E-state index in [1.807, 2.05) is 12.1 Å². The highest BCUT2D eigenvalue weighted by atomic mass is 79.9. The van der Waals surface area contributed by atoms with Crippen molar-refractivity contribution < 1.29 is 4.74 Å². The lowest BCUT2D eigenvalue weighted by Gasteiger charge is -2.13. The predicted octanol–water partition coefficient (Wildman–Crippen LogP) is 5.11. The van der Waals surface area contributed by atoms with E-state index in [1.165, 1.54) is 18.4 Å². The van der Waals surface area contributed by atoms with Gasteiger partial charge in [-0.2, -0.15) is 0 Å². The van der Waals surface area contributed by atoms with E-state index in [4.69, 9.17) is 4.74 Å². The molecule has 3 rings (SSSR count). The summed E-state index contributed by atoms with van der Waals surface area (Å²) in [6.07, 6.45) is 2.63. The zero-order valence-electron chi connectivity index (χ0n) is 12.4. The van der Waals surface area contributed by atoms with Crippen molar-refractivity contribution in [2.45, 2.75) is 39.3 Å². The molecule has 1 aliphatic rings. The Bertz CT molecular complexity index is 650. The maximum absolute atomic E-state index is 6.11. The summed E-state index contributed by atoms with van der Waals surface area (Å²) < 4.78 is 7.18. The largest absolute Gasteiger partial charge is 0.457 e. The van der Waals surface area contributed by atoms with Gasteiger partial charge in [-0.05, 0) is 67.6 Å². The fourth-order valence-electron chi connectivity index (χ4n) is 2.26. The van der Waals surface area contributed by atoms with Crippen LogP contribution in [0.1, 0.15) is 29.5 Å². The molecule has 0 bridgehead atoms. The quantitative estimate of drug-likeness (QED) is 0.812. The Kier molecular flexibility index (Phi) is 4.32. The molecular formula is C18H20BrNO. The fraction of sp³-hybridized carbons (Fsp3) is 0.333. The minimum absolute atomic E-state index is 0.726. The molecule has 0 aromatic heterocycles. The summed E-state index contributed by atoms with van der Waals surface area (Å²) >= 11 is 3.48. The molecule has 21 heavy (non-hydrogen) atoms. The van der Waals surface area contributed by atoms with Crippen LogP contribution in [0.4, 0.5) is 0 Å². The van der Waals surface area contributed by atoms with Crippen molar-refractivity contribution >= 4 is 15.9 Å². The first-order chi connectivity index (χ1) is 10.1. The molecule has 1 fully saturated rings. The van der Waals surface area contributed by atoms with Crippen LogP contribution in [0.3, 0.4) is 0 Å².